The Balaban J connectivity index is 2.32. The van der Waals surface area contributed by atoms with Crippen LogP contribution in [-0.2, 0) is 0 Å². The van der Waals surface area contributed by atoms with Crippen LogP contribution >= 0.6 is 0 Å². The fraction of sp³-hybridized carbons (Fsp3) is 0.188. The molecule has 0 aliphatic rings. The van der Waals surface area contributed by atoms with Crippen molar-refractivity contribution in [3.05, 3.63) is 53.1 Å². The molecule has 0 aliphatic carbocycles. The number of nitrogens with one attached hydrogen (secondary N) is 1. The van der Waals surface area contributed by atoms with E-state index in [1.54, 1.807) is 25.1 Å². The number of aromatic carboxylic acids is 1. The highest BCUT2D eigenvalue weighted by Gasteiger charge is 2.15. The fourth-order valence-electron chi connectivity index (χ4n) is 2.22. The number of carboxylic acid groups (broad SMARTS) is 1. The third kappa shape index (κ3) is 3.08. The summed E-state index contributed by atoms with van der Waals surface area (Å²) in [4.78, 5) is 11.1. The van der Waals surface area contributed by atoms with E-state index >= 15 is 0 Å². The summed E-state index contributed by atoms with van der Waals surface area (Å²) in [6.07, 6.45) is 0. The molecular formula is C16H17NO4. The van der Waals surface area contributed by atoms with Crippen molar-refractivity contribution < 1.29 is 20.1 Å². The lowest BCUT2D eigenvalue weighted by Gasteiger charge is -2.19. The van der Waals surface area contributed by atoms with E-state index in [0.29, 0.717) is 16.8 Å². The molecule has 110 valence electrons. The minimum Gasteiger partial charge on any atom is -0.508 e. The molecule has 21 heavy (non-hydrogen) atoms. The van der Waals surface area contributed by atoms with Gasteiger partial charge in [0.25, 0.3) is 0 Å². The number of hydrogen-bond acceptors (Lipinski definition) is 4. The van der Waals surface area contributed by atoms with Gasteiger partial charge >= 0.3 is 5.97 Å². The minimum atomic E-state index is -0.982. The van der Waals surface area contributed by atoms with E-state index in [4.69, 9.17) is 5.11 Å². The van der Waals surface area contributed by atoms with Crippen molar-refractivity contribution in [2.75, 3.05) is 5.32 Å². The van der Waals surface area contributed by atoms with Crippen LogP contribution in [-0.4, -0.2) is 21.3 Å². The van der Waals surface area contributed by atoms with Crippen LogP contribution in [0.25, 0.3) is 0 Å². The van der Waals surface area contributed by atoms with Crippen LogP contribution in [0.2, 0.25) is 0 Å². The Morgan fingerprint density at radius 3 is 2.57 bits per heavy atom. The molecule has 0 aliphatic heterocycles. The number of carboxylic acids is 1. The van der Waals surface area contributed by atoms with Gasteiger partial charge in [-0.1, -0.05) is 6.07 Å². The van der Waals surface area contributed by atoms with Gasteiger partial charge in [-0.3, -0.25) is 0 Å². The SMILES string of the molecule is Cc1c(NC(C)c2cc(O)ccc2O)cccc1C(=O)O. The van der Waals surface area contributed by atoms with Crippen molar-refractivity contribution in [3.63, 3.8) is 0 Å². The van der Waals surface area contributed by atoms with E-state index in [9.17, 15) is 15.0 Å². The minimum absolute atomic E-state index is 0.0625. The molecule has 2 rings (SSSR count). The molecule has 4 N–H and O–H groups in total. The largest absolute Gasteiger partial charge is 0.508 e. The lowest BCUT2D eigenvalue weighted by Crippen LogP contribution is -2.10. The van der Waals surface area contributed by atoms with E-state index in [2.05, 4.69) is 5.32 Å². The van der Waals surface area contributed by atoms with E-state index in [1.165, 1.54) is 18.2 Å². The first-order valence-electron chi connectivity index (χ1n) is 6.51. The summed E-state index contributed by atoms with van der Waals surface area (Å²) >= 11 is 0. The number of phenols is 2. The maximum atomic E-state index is 11.1. The zero-order valence-electron chi connectivity index (χ0n) is 11.8. The van der Waals surface area contributed by atoms with Gasteiger partial charge < -0.3 is 20.6 Å². The highest BCUT2D eigenvalue weighted by atomic mass is 16.4. The Kier molecular flexibility index (Phi) is 4.03. The Morgan fingerprint density at radius 2 is 1.90 bits per heavy atom. The summed E-state index contributed by atoms with van der Waals surface area (Å²) in [6.45, 7) is 3.54. The van der Waals surface area contributed by atoms with Crippen molar-refractivity contribution in [1.82, 2.24) is 0 Å². The van der Waals surface area contributed by atoms with Crippen LogP contribution in [0, 0.1) is 6.92 Å². The normalized spacial score (nSPS) is 11.9. The lowest BCUT2D eigenvalue weighted by atomic mass is 10.0. The molecule has 0 aromatic heterocycles. The Bertz CT molecular complexity index is 682. The quantitative estimate of drug-likeness (QED) is 0.648. The summed E-state index contributed by atoms with van der Waals surface area (Å²) in [5.41, 5.74) is 2.06. The van der Waals surface area contributed by atoms with E-state index < -0.39 is 5.97 Å². The molecule has 0 heterocycles. The number of benzene rings is 2. The number of rotatable bonds is 4. The van der Waals surface area contributed by atoms with Crippen LogP contribution in [0.5, 0.6) is 11.5 Å². The predicted molar refractivity (Wildman–Crippen MR) is 79.9 cm³/mol. The topological polar surface area (TPSA) is 89.8 Å². The molecule has 2 aromatic carbocycles. The lowest BCUT2D eigenvalue weighted by molar-refractivity contribution is 0.0696. The van der Waals surface area contributed by atoms with Crippen LogP contribution < -0.4 is 5.32 Å². The second kappa shape index (κ2) is 5.75. The maximum Gasteiger partial charge on any atom is 0.336 e. The van der Waals surface area contributed by atoms with E-state index in [-0.39, 0.29) is 23.1 Å². The predicted octanol–water partition coefficient (Wildman–Crippen LogP) is 3.28. The first-order valence-corrected chi connectivity index (χ1v) is 6.51. The van der Waals surface area contributed by atoms with Crippen LogP contribution in [0.4, 0.5) is 5.69 Å². The van der Waals surface area contributed by atoms with Crippen molar-refractivity contribution >= 4 is 11.7 Å². The standard InChI is InChI=1S/C16H17NO4/c1-9-12(16(20)21)4-3-5-14(9)17-10(2)13-8-11(18)6-7-15(13)19/h3-8,10,17-19H,1-2H3,(H,20,21). The Labute approximate surface area is 122 Å². The second-order valence-electron chi connectivity index (χ2n) is 4.89. The maximum absolute atomic E-state index is 11.1. The third-order valence-electron chi connectivity index (χ3n) is 3.41. The molecule has 0 amide bonds. The molecule has 0 radical (unpaired) electrons. The average molecular weight is 287 g/mol. The summed E-state index contributed by atoms with van der Waals surface area (Å²) in [5.74, 6) is -0.851. The third-order valence-corrected chi connectivity index (χ3v) is 3.41. The molecule has 1 atom stereocenters. The molecule has 5 heteroatoms. The summed E-state index contributed by atoms with van der Waals surface area (Å²) in [5, 5.41) is 31.6. The van der Waals surface area contributed by atoms with Gasteiger partial charge in [-0.25, -0.2) is 4.79 Å². The summed E-state index contributed by atoms with van der Waals surface area (Å²) in [7, 11) is 0. The molecule has 0 saturated heterocycles. The molecule has 0 saturated carbocycles. The molecular weight excluding hydrogens is 270 g/mol. The monoisotopic (exact) mass is 287 g/mol. The second-order valence-corrected chi connectivity index (χ2v) is 4.89. The van der Waals surface area contributed by atoms with Crippen LogP contribution in [0.15, 0.2) is 36.4 Å². The molecule has 0 spiro atoms. The summed E-state index contributed by atoms with van der Waals surface area (Å²) < 4.78 is 0. The van der Waals surface area contributed by atoms with Gasteiger partial charge in [0.1, 0.15) is 11.5 Å². The van der Waals surface area contributed by atoms with Gasteiger partial charge in [0.15, 0.2) is 0 Å². The van der Waals surface area contributed by atoms with Gasteiger partial charge in [0, 0.05) is 11.3 Å². The van der Waals surface area contributed by atoms with Crippen LogP contribution in [0.3, 0.4) is 0 Å². The first-order chi connectivity index (χ1) is 9.90. The van der Waals surface area contributed by atoms with Crippen molar-refractivity contribution in [2.24, 2.45) is 0 Å². The van der Waals surface area contributed by atoms with Crippen LogP contribution in [0.1, 0.15) is 34.5 Å². The van der Waals surface area contributed by atoms with Gasteiger partial charge in [0.2, 0.25) is 0 Å². The van der Waals surface area contributed by atoms with Gasteiger partial charge in [-0.05, 0) is 49.7 Å². The van der Waals surface area contributed by atoms with Gasteiger partial charge in [-0.15, -0.1) is 0 Å². The molecule has 1 unspecified atom stereocenters. The van der Waals surface area contributed by atoms with Crippen molar-refractivity contribution in [3.8, 4) is 11.5 Å². The van der Waals surface area contributed by atoms with E-state index in [0.717, 1.165) is 0 Å². The smallest absolute Gasteiger partial charge is 0.336 e. The molecule has 2 aromatic rings. The first kappa shape index (κ1) is 14.7. The zero-order chi connectivity index (χ0) is 15.6. The van der Waals surface area contributed by atoms with Crippen molar-refractivity contribution in [2.45, 2.75) is 19.9 Å². The number of anilines is 1. The average Bonchev–Trinajstić information content (AvgIpc) is 2.43. The highest BCUT2D eigenvalue weighted by molar-refractivity contribution is 5.91. The Hall–Kier alpha value is -2.69. The van der Waals surface area contributed by atoms with Gasteiger partial charge in [0.05, 0.1) is 11.6 Å². The number of phenolic OH excluding ortho intramolecular Hbond substituents is 2. The summed E-state index contributed by atoms with van der Waals surface area (Å²) in [6, 6.07) is 8.99. The molecule has 0 fully saturated rings. The Morgan fingerprint density at radius 1 is 1.19 bits per heavy atom. The highest BCUT2D eigenvalue weighted by Crippen LogP contribution is 2.31. The van der Waals surface area contributed by atoms with Crippen molar-refractivity contribution in [1.29, 1.82) is 0 Å². The fourth-order valence-corrected chi connectivity index (χ4v) is 2.22. The zero-order valence-corrected chi connectivity index (χ0v) is 11.8. The van der Waals surface area contributed by atoms with E-state index in [1.807, 2.05) is 6.92 Å². The number of aromatic hydroxyl groups is 2. The van der Waals surface area contributed by atoms with Gasteiger partial charge in [-0.2, -0.15) is 0 Å². The molecule has 0 bridgehead atoms. The number of hydrogen-bond donors (Lipinski definition) is 4. The molecule has 5 nitrogen and oxygen atoms in total. The number of carbonyl (C=O) groups is 1.